The maximum absolute atomic E-state index is 12.9. The molecule has 0 aromatic heterocycles. The number of methoxy groups -OCH3 is 1. The van der Waals surface area contributed by atoms with Crippen molar-refractivity contribution in [3.05, 3.63) is 65.7 Å². The van der Waals surface area contributed by atoms with Crippen LogP contribution in [0.3, 0.4) is 0 Å². The molecule has 0 heterocycles. The number of carbonyl (C=O) groups is 1. The molecule has 6 nitrogen and oxygen atoms in total. The molecule has 7 heteroatoms. The fraction of sp³-hybridized carbons (Fsp3) is 0.350. The minimum absolute atomic E-state index is 0.0479. The number of amides is 1. The molecule has 3 rings (SSSR count). The lowest BCUT2D eigenvalue weighted by Crippen LogP contribution is -2.33. The van der Waals surface area contributed by atoms with Gasteiger partial charge in [0.25, 0.3) is 5.91 Å². The fourth-order valence-electron chi connectivity index (χ4n) is 2.71. The number of sulfonamides is 1. The lowest BCUT2D eigenvalue weighted by atomic mass is 10.1. The highest BCUT2D eigenvalue weighted by Gasteiger charge is 2.28. The van der Waals surface area contributed by atoms with Crippen LogP contribution in [0.15, 0.2) is 59.5 Å². The van der Waals surface area contributed by atoms with Crippen molar-refractivity contribution < 1.29 is 17.9 Å². The minimum Gasteiger partial charge on any atom is -0.383 e. The third-order valence-electron chi connectivity index (χ3n) is 4.38. The topological polar surface area (TPSA) is 75.7 Å². The second-order valence-electron chi connectivity index (χ2n) is 6.63. The van der Waals surface area contributed by atoms with Crippen molar-refractivity contribution in [3.63, 3.8) is 0 Å². The Kier molecular flexibility index (Phi) is 6.26. The van der Waals surface area contributed by atoms with E-state index < -0.39 is 10.0 Å². The molecule has 0 bridgehead atoms. The maximum Gasteiger partial charge on any atom is 0.254 e. The van der Waals surface area contributed by atoms with Crippen molar-refractivity contribution in [1.82, 2.24) is 9.62 Å². The molecule has 2 aromatic rings. The van der Waals surface area contributed by atoms with Gasteiger partial charge >= 0.3 is 0 Å². The Hall–Kier alpha value is -2.22. The summed E-state index contributed by atoms with van der Waals surface area (Å²) in [4.78, 5) is 14.8. The summed E-state index contributed by atoms with van der Waals surface area (Å²) in [5.41, 5.74) is 1.47. The number of carbonyl (C=O) groups excluding carboxylic acids is 1. The Balaban J connectivity index is 1.74. The van der Waals surface area contributed by atoms with E-state index in [-0.39, 0.29) is 16.8 Å². The van der Waals surface area contributed by atoms with E-state index in [1.54, 1.807) is 24.1 Å². The van der Waals surface area contributed by atoms with Gasteiger partial charge < -0.3 is 9.64 Å². The lowest BCUT2D eigenvalue weighted by molar-refractivity contribution is 0.0680. The highest BCUT2D eigenvalue weighted by atomic mass is 32.2. The van der Waals surface area contributed by atoms with Gasteiger partial charge in [-0.3, -0.25) is 4.79 Å². The van der Waals surface area contributed by atoms with Gasteiger partial charge in [0.05, 0.1) is 11.5 Å². The van der Waals surface area contributed by atoms with Gasteiger partial charge in [-0.15, -0.1) is 0 Å². The first-order valence-electron chi connectivity index (χ1n) is 8.94. The molecule has 144 valence electrons. The third kappa shape index (κ3) is 5.38. The zero-order chi connectivity index (χ0) is 19.3. The Morgan fingerprint density at radius 1 is 1.11 bits per heavy atom. The van der Waals surface area contributed by atoms with Crippen molar-refractivity contribution in [2.75, 3.05) is 20.3 Å². The van der Waals surface area contributed by atoms with Crippen LogP contribution in [0.5, 0.6) is 0 Å². The summed E-state index contributed by atoms with van der Waals surface area (Å²) < 4.78 is 32.3. The lowest BCUT2D eigenvalue weighted by Gasteiger charge is -2.23. The Bertz CT molecular complexity index is 863. The molecule has 0 unspecified atom stereocenters. The van der Waals surface area contributed by atoms with Crippen molar-refractivity contribution in [1.29, 1.82) is 0 Å². The molecular formula is C20H24N2O4S. The Morgan fingerprint density at radius 3 is 2.37 bits per heavy atom. The average molecular weight is 388 g/mol. The highest BCUT2D eigenvalue weighted by molar-refractivity contribution is 7.89. The molecule has 1 amide bonds. The zero-order valence-corrected chi connectivity index (χ0v) is 16.1. The van der Waals surface area contributed by atoms with Gasteiger partial charge in [0.1, 0.15) is 0 Å². The number of nitrogens with zero attached hydrogens (tertiary/aromatic N) is 1. The van der Waals surface area contributed by atoms with E-state index in [0.29, 0.717) is 25.3 Å². The van der Waals surface area contributed by atoms with Crippen molar-refractivity contribution in [3.8, 4) is 0 Å². The molecule has 0 atom stereocenters. The second kappa shape index (κ2) is 8.65. The summed E-state index contributed by atoms with van der Waals surface area (Å²) >= 11 is 0. The van der Waals surface area contributed by atoms with Gasteiger partial charge in [-0.1, -0.05) is 30.3 Å². The summed E-state index contributed by atoms with van der Waals surface area (Å²) in [6.07, 6.45) is 1.76. The van der Waals surface area contributed by atoms with Crippen LogP contribution < -0.4 is 4.72 Å². The van der Waals surface area contributed by atoms with Crippen LogP contribution >= 0.6 is 0 Å². The quantitative estimate of drug-likeness (QED) is 0.716. The first-order valence-corrected chi connectivity index (χ1v) is 10.4. The van der Waals surface area contributed by atoms with E-state index in [0.717, 1.165) is 18.4 Å². The largest absolute Gasteiger partial charge is 0.383 e. The number of nitrogens with one attached hydrogen (secondary N) is 1. The molecule has 0 saturated heterocycles. The number of hydrogen-bond acceptors (Lipinski definition) is 4. The molecule has 1 saturated carbocycles. The van der Waals surface area contributed by atoms with Crippen LogP contribution in [-0.2, 0) is 21.3 Å². The summed E-state index contributed by atoms with van der Waals surface area (Å²) in [5.74, 6) is -0.157. The number of rotatable bonds is 9. The van der Waals surface area contributed by atoms with E-state index in [1.807, 2.05) is 30.3 Å². The first kappa shape index (κ1) is 19.5. The number of hydrogen-bond donors (Lipinski definition) is 1. The second-order valence-corrected chi connectivity index (χ2v) is 8.34. The van der Waals surface area contributed by atoms with Crippen LogP contribution in [0, 0.1) is 0 Å². The van der Waals surface area contributed by atoms with E-state index in [9.17, 15) is 13.2 Å². The van der Waals surface area contributed by atoms with Gasteiger partial charge in [0, 0.05) is 31.8 Å². The molecular weight excluding hydrogens is 364 g/mol. The maximum atomic E-state index is 12.9. The van der Waals surface area contributed by atoms with Crippen LogP contribution in [0.25, 0.3) is 0 Å². The van der Waals surface area contributed by atoms with E-state index >= 15 is 0 Å². The number of benzene rings is 2. The molecule has 1 fully saturated rings. The van der Waals surface area contributed by atoms with Crippen LogP contribution in [0.4, 0.5) is 0 Å². The van der Waals surface area contributed by atoms with Crippen LogP contribution in [0.1, 0.15) is 28.8 Å². The predicted molar refractivity (Wildman–Crippen MR) is 103 cm³/mol. The SMILES string of the molecule is COCCN(Cc1ccccc1)C(=O)c1ccc(S(=O)(=O)NC2CC2)cc1. The average Bonchev–Trinajstić information content (AvgIpc) is 3.49. The molecule has 0 aliphatic heterocycles. The summed E-state index contributed by atoms with van der Waals surface area (Å²) in [5, 5.41) is 0. The standard InChI is InChI=1S/C20H24N2O4S/c1-26-14-13-22(15-16-5-3-2-4-6-16)20(23)17-7-11-19(12-8-17)27(24,25)21-18-9-10-18/h2-8,11-12,18,21H,9-10,13-15H2,1H3. The molecule has 27 heavy (non-hydrogen) atoms. The fourth-order valence-corrected chi connectivity index (χ4v) is 4.01. The first-order chi connectivity index (χ1) is 13.0. The normalized spacial score (nSPS) is 14.1. The van der Waals surface area contributed by atoms with E-state index in [4.69, 9.17) is 4.74 Å². The van der Waals surface area contributed by atoms with Crippen LogP contribution in [-0.4, -0.2) is 45.5 Å². The van der Waals surface area contributed by atoms with Gasteiger partial charge in [-0.25, -0.2) is 13.1 Å². The molecule has 1 aliphatic rings. The van der Waals surface area contributed by atoms with Crippen molar-refractivity contribution >= 4 is 15.9 Å². The van der Waals surface area contributed by atoms with Crippen LogP contribution in [0.2, 0.25) is 0 Å². The molecule has 0 radical (unpaired) electrons. The highest BCUT2D eigenvalue weighted by Crippen LogP contribution is 2.22. The van der Waals surface area contributed by atoms with Crippen molar-refractivity contribution in [2.24, 2.45) is 0 Å². The summed E-state index contributed by atoms with van der Waals surface area (Å²) in [6.45, 7) is 1.34. The minimum atomic E-state index is -3.52. The molecule has 1 N–H and O–H groups in total. The monoisotopic (exact) mass is 388 g/mol. The molecule has 2 aromatic carbocycles. The molecule has 1 aliphatic carbocycles. The van der Waals surface area contributed by atoms with Crippen molar-refractivity contribution in [2.45, 2.75) is 30.3 Å². The zero-order valence-electron chi connectivity index (χ0n) is 15.3. The van der Waals surface area contributed by atoms with Gasteiger partial charge in [-0.2, -0.15) is 0 Å². The Labute approximate surface area is 160 Å². The Morgan fingerprint density at radius 2 is 1.78 bits per heavy atom. The van der Waals surface area contributed by atoms with Gasteiger partial charge in [-0.05, 0) is 42.7 Å². The van der Waals surface area contributed by atoms with Gasteiger partial charge in [0.15, 0.2) is 0 Å². The van der Waals surface area contributed by atoms with Gasteiger partial charge in [0.2, 0.25) is 10.0 Å². The third-order valence-corrected chi connectivity index (χ3v) is 5.92. The summed E-state index contributed by atoms with van der Waals surface area (Å²) in [7, 11) is -1.92. The smallest absolute Gasteiger partial charge is 0.254 e. The van der Waals surface area contributed by atoms with E-state index in [1.165, 1.54) is 12.1 Å². The molecule has 0 spiro atoms. The number of ether oxygens (including phenoxy) is 1. The summed E-state index contributed by atoms with van der Waals surface area (Å²) in [6, 6.07) is 15.9. The van der Waals surface area contributed by atoms with E-state index in [2.05, 4.69) is 4.72 Å². The predicted octanol–water partition coefficient (Wildman–Crippen LogP) is 2.42.